The fourth-order valence-corrected chi connectivity index (χ4v) is 2.85. The second-order valence-corrected chi connectivity index (χ2v) is 6.98. The fourth-order valence-electron chi connectivity index (χ4n) is 1.78. The van der Waals surface area contributed by atoms with Crippen LogP contribution in [0.15, 0.2) is 52.5 Å². The van der Waals surface area contributed by atoms with E-state index in [4.69, 9.17) is 20.5 Å². The SMILES string of the molecule is COc1cc(C=NN(C)C)ccc1OS(=O)(=O)c1ccc(Cl)cc1. The molecule has 0 aliphatic carbocycles. The molecule has 0 unspecified atom stereocenters. The summed E-state index contributed by atoms with van der Waals surface area (Å²) in [5, 5.41) is 6.19. The Labute approximate surface area is 146 Å². The first-order chi connectivity index (χ1) is 11.3. The first-order valence-corrected chi connectivity index (χ1v) is 8.70. The molecule has 0 atom stereocenters. The number of benzene rings is 2. The van der Waals surface area contributed by atoms with Gasteiger partial charge in [-0.15, -0.1) is 0 Å². The largest absolute Gasteiger partial charge is 0.493 e. The van der Waals surface area contributed by atoms with Gasteiger partial charge in [0.2, 0.25) is 0 Å². The second-order valence-electron chi connectivity index (χ2n) is 4.99. The van der Waals surface area contributed by atoms with Gasteiger partial charge in [-0.1, -0.05) is 11.6 Å². The second kappa shape index (κ2) is 7.55. The maximum atomic E-state index is 12.3. The third kappa shape index (κ3) is 4.62. The summed E-state index contributed by atoms with van der Waals surface area (Å²) in [6.45, 7) is 0. The van der Waals surface area contributed by atoms with Gasteiger partial charge in [0, 0.05) is 19.1 Å². The Morgan fingerprint density at radius 1 is 1.08 bits per heavy atom. The fraction of sp³-hybridized carbons (Fsp3) is 0.188. The highest BCUT2D eigenvalue weighted by Crippen LogP contribution is 2.30. The molecule has 2 rings (SSSR count). The smallest absolute Gasteiger partial charge is 0.339 e. The molecule has 0 aromatic heterocycles. The molecule has 6 nitrogen and oxygen atoms in total. The van der Waals surface area contributed by atoms with Crippen molar-refractivity contribution in [3.05, 3.63) is 53.1 Å². The molecule has 0 N–H and O–H groups in total. The van der Waals surface area contributed by atoms with Crippen LogP contribution in [0.4, 0.5) is 0 Å². The van der Waals surface area contributed by atoms with E-state index in [9.17, 15) is 8.42 Å². The summed E-state index contributed by atoms with van der Waals surface area (Å²) in [5.41, 5.74) is 0.747. The minimum atomic E-state index is -3.98. The number of rotatable bonds is 6. The lowest BCUT2D eigenvalue weighted by Gasteiger charge is -2.11. The molecule has 0 amide bonds. The molecule has 0 saturated carbocycles. The minimum Gasteiger partial charge on any atom is -0.493 e. The summed E-state index contributed by atoms with van der Waals surface area (Å²) in [4.78, 5) is 0.00667. The van der Waals surface area contributed by atoms with Crippen molar-refractivity contribution >= 4 is 27.9 Å². The van der Waals surface area contributed by atoms with Crippen molar-refractivity contribution in [2.24, 2.45) is 5.10 Å². The van der Waals surface area contributed by atoms with E-state index in [0.717, 1.165) is 5.56 Å². The van der Waals surface area contributed by atoms with Crippen LogP contribution in [-0.4, -0.2) is 40.8 Å². The van der Waals surface area contributed by atoms with Crippen LogP contribution in [0.2, 0.25) is 5.02 Å². The first kappa shape index (κ1) is 18.1. The molecule has 8 heteroatoms. The van der Waals surface area contributed by atoms with Crippen LogP contribution in [0.3, 0.4) is 0 Å². The molecule has 0 spiro atoms. The van der Waals surface area contributed by atoms with Gasteiger partial charge in [0.25, 0.3) is 0 Å². The number of hydrogen-bond acceptors (Lipinski definition) is 6. The molecule has 128 valence electrons. The average molecular weight is 369 g/mol. The topological polar surface area (TPSA) is 68.2 Å². The zero-order chi connectivity index (χ0) is 17.7. The third-order valence-electron chi connectivity index (χ3n) is 2.93. The van der Waals surface area contributed by atoms with E-state index in [1.807, 2.05) is 0 Å². The first-order valence-electron chi connectivity index (χ1n) is 6.91. The third-order valence-corrected chi connectivity index (χ3v) is 4.43. The number of halogens is 1. The standard InChI is InChI=1S/C16H17ClN2O4S/c1-19(2)18-11-12-4-9-15(16(10-12)22-3)23-24(20,21)14-7-5-13(17)6-8-14/h4-11H,1-3H3. The van der Waals surface area contributed by atoms with Gasteiger partial charge in [0.1, 0.15) is 4.90 Å². The van der Waals surface area contributed by atoms with E-state index < -0.39 is 10.1 Å². The number of hydrogen-bond donors (Lipinski definition) is 0. The maximum Gasteiger partial charge on any atom is 0.339 e. The van der Waals surface area contributed by atoms with E-state index in [2.05, 4.69) is 5.10 Å². The molecule has 0 bridgehead atoms. The van der Waals surface area contributed by atoms with Gasteiger partial charge in [-0.25, -0.2) is 0 Å². The Bertz CT molecular complexity index is 834. The van der Waals surface area contributed by atoms with Crippen LogP contribution in [0.25, 0.3) is 0 Å². The van der Waals surface area contributed by atoms with Gasteiger partial charge in [-0.3, -0.25) is 0 Å². The normalized spacial score (nSPS) is 11.5. The predicted molar refractivity (Wildman–Crippen MR) is 93.5 cm³/mol. The lowest BCUT2D eigenvalue weighted by molar-refractivity contribution is 0.390. The monoisotopic (exact) mass is 368 g/mol. The van der Waals surface area contributed by atoms with Crippen LogP contribution < -0.4 is 8.92 Å². The molecule has 24 heavy (non-hydrogen) atoms. The molecule has 0 radical (unpaired) electrons. The quantitative estimate of drug-likeness (QED) is 0.445. The molecule has 0 aliphatic rings. The van der Waals surface area contributed by atoms with Crippen LogP contribution >= 0.6 is 11.6 Å². The highest BCUT2D eigenvalue weighted by atomic mass is 35.5. The average Bonchev–Trinajstić information content (AvgIpc) is 2.54. The van der Waals surface area contributed by atoms with Crippen molar-refractivity contribution in [1.82, 2.24) is 5.01 Å². The van der Waals surface area contributed by atoms with E-state index >= 15 is 0 Å². The Hall–Kier alpha value is -2.25. The summed E-state index contributed by atoms with van der Waals surface area (Å²) >= 11 is 5.77. The molecular formula is C16H17ClN2O4S. The highest BCUT2D eigenvalue weighted by molar-refractivity contribution is 7.87. The number of ether oxygens (including phenoxy) is 1. The minimum absolute atomic E-state index is 0.00667. The van der Waals surface area contributed by atoms with Crippen molar-refractivity contribution in [3.8, 4) is 11.5 Å². The van der Waals surface area contributed by atoms with Gasteiger partial charge in [0.05, 0.1) is 13.3 Å². The Kier molecular flexibility index (Phi) is 5.69. The van der Waals surface area contributed by atoms with Crippen molar-refractivity contribution in [2.75, 3.05) is 21.2 Å². The zero-order valence-corrected chi connectivity index (χ0v) is 15.0. The Morgan fingerprint density at radius 2 is 1.75 bits per heavy atom. The summed E-state index contributed by atoms with van der Waals surface area (Å²) in [6, 6.07) is 10.6. The van der Waals surface area contributed by atoms with Crippen LogP contribution in [0.1, 0.15) is 5.56 Å². The van der Waals surface area contributed by atoms with Crippen LogP contribution in [-0.2, 0) is 10.1 Å². The number of hydrazone groups is 1. The van der Waals surface area contributed by atoms with E-state index in [1.165, 1.54) is 37.4 Å². The van der Waals surface area contributed by atoms with Gasteiger partial charge in [-0.05, 0) is 48.0 Å². The van der Waals surface area contributed by atoms with Gasteiger partial charge >= 0.3 is 10.1 Å². The van der Waals surface area contributed by atoms with Gasteiger partial charge in [0.15, 0.2) is 11.5 Å². The van der Waals surface area contributed by atoms with Crippen LogP contribution in [0.5, 0.6) is 11.5 Å². The Morgan fingerprint density at radius 3 is 2.33 bits per heavy atom. The summed E-state index contributed by atoms with van der Waals surface area (Å²) in [6.07, 6.45) is 1.62. The van der Waals surface area contributed by atoms with Crippen molar-refractivity contribution in [2.45, 2.75) is 4.90 Å². The molecule has 0 saturated heterocycles. The van der Waals surface area contributed by atoms with Crippen molar-refractivity contribution < 1.29 is 17.3 Å². The van der Waals surface area contributed by atoms with Crippen LogP contribution in [0, 0.1) is 0 Å². The number of methoxy groups -OCH3 is 1. The summed E-state index contributed by atoms with van der Waals surface area (Å²) in [5.74, 6) is 0.379. The number of nitrogens with zero attached hydrogens (tertiary/aromatic N) is 2. The van der Waals surface area contributed by atoms with Crippen molar-refractivity contribution in [3.63, 3.8) is 0 Å². The molecular weight excluding hydrogens is 352 g/mol. The van der Waals surface area contributed by atoms with E-state index in [0.29, 0.717) is 5.02 Å². The molecule has 2 aromatic carbocycles. The van der Waals surface area contributed by atoms with E-state index in [-0.39, 0.29) is 16.4 Å². The lowest BCUT2D eigenvalue weighted by Crippen LogP contribution is -2.10. The molecule has 2 aromatic rings. The molecule has 0 fully saturated rings. The van der Waals surface area contributed by atoms with E-state index in [1.54, 1.807) is 37.5 Å². The molecule has 0 aliphatic heterocycles. The highest BCUT2D eigenvalue weighted by Gasteiger charge is 2.19. The predicted octanol–water partition coefficient (Wildman–Crippen LogP) is 3.01. The van der Waals surface area contributed by atoms with Gasteiger partial charge < -0.3 is 13.9 Å². The van der Waals surface area contributed by atoms with Crippen molar-refractivity contribution in [1.29, 1.82) is 0 Å². The lowest BCUT2D eigenvalue weighted by atomic mass is 10.2. The Balaban J connectivity index is 2.30. The summed E-state index contributed by atoms with van der Waals surface area (Å²) < 4.78 is 35.0. The maximum absolute atomic E-state index is 12.3. The van der Waals surface area contributed by atoms with Gasteiger partial charge in [-0.2, -0.15) is 13.5 Å². The summed E-state index contributed by atoms with van der Waals surface area (Å²) in [7, 11) is 1.04. The molecule has 0 heterocycles. The zero-order valence-electron chi connectivity index (χ0n) is 13.4.